The lowest BCUT2D eigenvalue weighted by Crippen LogP contribution is -2.49. The third-order valence-corrected chi connectivity index (χ3v) is 3.83. The molecule has 3 unspecified atom stereocenters. The zero-order chi connectivity index (χ0) is 14.0. The molecule has 0 aliphatic carbocycles. The van der Waals surface area contributed by atoms with Crippen molar-refractivity contribution in [3.8, 4) is 0 Å². The molecule has 2 saturated heterocycles. The number of hydrogen-bond acceptors (Lipinski definition) is 3. The minimum absolute atomic E-state index is 0.0321. The summed E-state index contributed by atoms with van der Waals surface area (Å²) in [6.07, 6.45) is 1.23. The van der Waals surface area contributed by atoms with Crippen LogP contribution in [0.2, 0.25) is 0 Å². The maximum absolute atomic E-state index is 13.0. The quantitative estimate of drug-likeness (QED) is 0.817. The molecule has 0 bridgehead atoms. The van der Waals surface area contributed by atoms with Gasteiger partial charge in [0.05, 0.1) is 18.7 Å². The van der Waals surface area contributed by atoms with Gasteiger partial charge in [0.15, 0.2) is 0 Å². The van der Waals surface area contributed by atoms with E-state index in [9.17, 15) is 13.6 Å². The third kappa shape index (κ3) is 3.86. The topological polar surface area (TPSA) is 50.4 Å². The average Bonchev–Trinajstić information content (AvgIpc) is 2.70. The summed E-state index contributed by atoms with van der Waals surface area (Å²) in [7, 11) is 0. The second-order valence-corrected chi connectivity index (χ2v) is 5.88. The van der Waals surface area contributed by atoms with Crippen LogP contribution in [-0.2, 0) is 9.53 Å². The summed E-state index contributed by atoms with van der Waals surface area (Å²) in [5, 5.41) is 5.45. The Hall–Kier alpha value is -0.750. The molecule has 4 nitrogen and oxygen atoms in total. The SMILES string of the molecule is CC(C)C1CC(NC(=O)C2CC(F)(F)CN2)CCO1. The van der Waals surface area contributed by atoms with E-state index in [1.54, 1.807) is 0 Å². The van der Waals surface area contributed by atoms with Gasteiger partial charge in [-0.25, -0.2) is 8.78 Å². The number of carbonyl (C=O) groups is 1. The van der Waals surface area contributed by atoms with Crippen molar-refractivity contribution < 1.29 is 18.3 Å². The molecule has 0 aromatic heterocycles. The van der Waals surface area contributed by atoms with E-state index >= 15 is 0 Å². The molecule has 2 aliphatic heterocycles. The van der Waals surface area contributed by atoms with Crippen molar-refractivity contribution in [2.45, 2.75) is 57.2 Å². The van der Waals surface area contributed by atoms with Crippen molar-refractivity contribution in [3.05, 3.63) is 0 Å². The van der Waals surface area contributed by atoms with Crippen molar-refractivity contribution in [2.24, 2.45) is 5.92 Å². The van der Waals surface area contributed by atoms with E-state index in [1.165, 1.54) is 0 Å². The van der Waals surface area contributed by atoms with Crippen LogP contribution in [0.25, 0.3) is 0 Å². The van der Waals surface area contributed by atoms with Crippen LogP contribution in [-0.4, -0.2) is 43.2 Å². The van der Waals surface area contributed by atoms with E-state index in [-0.39, 0.29) is 18.1 Å². The van der Waals surface area contributed by atoms with E-state index in [0.717, 1.165) is 12.8 Å². The first-order valence-electron chi connectivity index (χ1n) is 6.90. The van der Waals surface area contributed by atoms with Gasteiger partial charge in [0.2, 0.25) is 5.91 Å². The summed E-state index contributed by atoms with van der Waals surface area (Å²) in [6, 6.07) is -0.736. The normalized spacial score (nSPS) is 34.5. The maximum Gasteiger partial charge on any atom is 0.262 e. The van der Waals surface area contributed by atoms with Crippen LogP contribution in [0.3, 0.4) is 0 Å². The van der Waals surface area contributed by atoms with Gasteiger partial charge in [-0.05, 0) is 18.8 Å². The van der Waals surface area contributed by atoms with E-state index in [0.29, 0.717) is 12.5 Å². The van der Waals surface area contributed by atoms with Crippen molar-refractivity contribution >= 4 is 5.91 Å². The fourth-order valence-corrected chi connectivity index (χ4v) is 2.63. The first-order valence-corrected chi connectivity index (χ1v) is 6.90. The van der Waals surface area contributed by atoms with E-state index < -0.39 is 24.9 Å². The minimum Gasteiger partial charge on any atom is -0.378 e. The van der Waals surface area contributed by atoms with Crippen LogP contribution in [0.15, 0.2) is 0 Å². The van der Waals surface area contributed by atoms with Crippen LogP contribution in [0.4, 0.5) is 8.78 Å². The molecular weight excluding hydrogens is 254 g/mol. The van der Waals surface area contributed by atoms with E-state index in [2.05, 4.69) is 24.5 Å². The summed E-state index contributed by atoms with van der Waals surface area (Å²) < 4.78 is 31.7. The molecule has 0 aromatic rings. The van der Waals surface area contributed by atoms with Gasteiger partial charge in [-0.1, -0.05) is 13.8 Å². The van der Waals surface area contributed by atoms with E-state index in [4.69, 9.17) is 4.74 Å². The van der Waals surface area contributed by atoms with Gasteiger partial charge >= 0.3 is 0 Å². The standard InChI is InChI=1S/C13H22F2N2O2/c1-8(2)11-5-9(3-4-19-11)17-12(18)10-6-13(14,15)7-16-10/h8-11,16H,3-7H2,1-2H3,(H,17,18). The summed E-state index contributed by atoms with van der Waals surface area (Å²) in [6.45, 7) is 4.36. The highest BCUT2D eigenvalue weighted by Gasteiger charge is 2.42. The van der Waals surface area contributed by atoms with Gasteiger partial charge < -0.3 is 10.1 Å². The predicted octanol–water partition coefficient (Wildman–Crippen LogP) is 1.30. The summed E-state index contributed by atoms with van der Waals surface area (Å²) in [4.78, 5) is 11.9. The maximum atomic E-state index is 13.0. The van der Waals surface area contributed by atoms with Crippen molar-refractivity contribution in [3.63, 3.8) is 0 Å². The molecule has 0 saturated carbocycles. The lowest BCUT2D eigenvalue weighted by Gasteiger charge is -2.32. The number of carbonyl (C=O) groups excluding carboxylic acids is 1. The number of hydrogen-bond donors (Lipinski definition) is 2. The molecule has 1 amide bonds. The fraction of sp³-hybridized carbons (Fsp3) is 0.923. The number of amides is 1. The Balaban J connectivity index is 1.82. The molecule has 2 N–H and O–H groups in total. The first kappa shape index (κ1) is 14.7. The highest BCUT2D eigenvalue weighted by atomic mass is 19.3. The third-order valence-electron chi connectivity index (χ3n) is 3.83. The van der Waals surface area contributed by atoms with Gasteiger partial charge in [-0.3, -0.25) is 10.1 Å². The van der Waals surface area contributed by atoms with Crippen LogP contribution in [0, 0.1) is 5.92 Å². The Morgan fingerprint density at radius 1 is 1.47 bits per heavy atom. The predicted molar refractivity (Wildman–Crippen MR) is 67.1 cm³/mol. The lowest BCUT2D eigenvalue weighted by atomic mass is 9.95. The van der Waals surface area contributed by atoms with Gasteiger partial charge in [-0.15, -0.1) is 0 Å². The van der Waals surface area contributed by atoms with Crippen molar-refractivity contribution in [1.82, 2.24) is 10.6 Å². The molecule has 0 radical (unpaired) electrons. The second-order valence-electron chi connectivity index (χ2n) is 5.88. The van der Waals surface area contributed by atoms with Crippen LogP contribution in [0.5, 0.6) is 0 Å². The van der Waals surface area contributed by atoms with Crippen LogP contribution < -0.4 is 10.6 Å². The molecule has 0 aromatic carbocycles. The van der Waals surface area contributed by atoms with Gasteiger partial charge in [0, 0.05) is 19.1 Å². The Kier molecular flexibility index (Phi) is 4.40. The molecule has 6 heteroatoms. The van der Waals surface area contributed by atoms with Gasteiger partial charge in [0.1, 0.15) is 0 Å². The molecule has 2 rings (SSSR count). The van der Waals surface area contributed by atoms with Crippen molar-refractivity contribution in [2.75, 3.05) is 13.2 Å². The molecule has 2 heterocycles. The van der Waals surface area contributed by atoms with Crippen molar-refractivity contribution in [1.29, 1.82) is 0 Å². The summed E-state index contributed by atoms with van der Waals surface area (Å²) in [5.74, 6) is -2.68. The summed E-state index contributed by atoms with van der Waals surface area (Å²) >= 11 is 0. The zero-order valence-corrected chi connectivity index (χ0v) is 11.4. The highest BCUT2D eigenvalue weighted by Crippen LogP contribution is 2.26. The molecule has 19 heavy (non-hydrogen) atoms. The fourth-order valence-electron chi connectivity index (χ4n) is 2.63. The molecule has 0 spiro atoms. The molecule has 3 atom stereocenters. The monoisotopic (exact) mass is 276 g/mol. The molecular formula is C13H22F2N2O2. The van der Waals surface area contributed by atoms with Gasteiger partial charge in [0.25, 0.3) is 5.92 Å². The first-order chi connectivity index (χ1) is 8.87. The van der Waals surface area contributed by atoms with E-state index in [1.807, 2.05) is 0 Å². The number of alkyl halides is 2. The Morgan fingerprint density at radius 3 is 2.79 bits per heavy atom. The molecule has 2 fully saturated rings. The zero-order valence-electron chi connectivity index (χ0n) is 11.4. The summed E-state index contributed by atoms with van der Waals surface area (Å²) in [5.41, 5.74) is 0. The van der Waals surface area contributed by atoms with Crippen LogP contribution in [0.1, 0.15) is 33.1 Å². The number of ether oxygens (including phenoxy) is 1. The smallest absolute Gasteiger partial charge is 0.262 e. The van der Waals surface area contributed by atoms with Gasteiger partial charge in [-0.2, -0.15) is 0 Å². The van der Waals surface area contributed by atoms with Crippen LogP contribution >= 0.6 is 0 Å². The Morgan fingerprint density at radius 2 is 2.21 bits per heavy atom. The largest absolute Gasteiger partial charge is 0.378 e. The minimum atomic E-state index is -2.77. The number of nitrogens with one attached hydrogen (secondary N) is 2. The molecule has 110 valence electrons. The number of rotatable bonds is 3. The second kappa shape index (κ2) is 5.71. The highest BCUT2D eigenvalue weighted by molar-refractivity contribution is 5.82. The average molecular weight is 276 g/mol. The lowest BCUT2D eigenvalue weighted by molar-refractivity contribution is -0.125. The Labute approximate surface area is 112 Å². The Bertz CT molecular complexity index is 337. The number of halogens is 2. The molecule has 2 aliphatic rings.